The van der Waals surface area contributed by atoms with Crippen LogP contribution >= 0.6 is 22.9 Å². The highest BCUT2D eigenvalue weighted by atomic mass is 35.5. The van der Waals surface area contributed by atoms with E-state index in [1.54, 1.807) is 0 Å². The summed E-state index contributed by atoms with van der Waals surface area (Å²) in [6.45, 7) is 3.78. The number of rotatable bonds is 6. The number of nitrogens with zero attached hydrogens (tertiary/aromatic N) is 2. The molecule has 21 heavy (non-hydrogen) atoms. The average Bonchev–Trinajstić information content (AvgIpc) is 3.04. The van der Waals surface area contributed by atoms with Gasteiger partial charge in [-0.15, -0.1) is 17.9 Å². The first-order valence-corrected chi connectivity index (χ1v) is 9.08. The van der Waals surface area contributed by atoms with Crippen LogP contribution in [-0.2, 0) is 10.0 Å². The van der Waals surface area contributed by atoms with Crippen LogP contribution in [-0.4, -0.2) is 30.2 Å². The van der Waals surface area contributed by atoms with E-state index in [0.717, 1.165) is 43.1 Å². The minimum atomic E-state index is -3.79. The van der Waals surface area contributed by atoms with Gasteiger partial charge >= 0.3 is 0 Å². The first-order chi connectivity index (χ1) is 9.87. The number of sulfonamides is 1. The topological polar surface area (TPSA) is 80.5 Å². The fraction of sp³-hybridized carbons (Fsp3) is 0.500. The lowest BCUT2D eigenvalue weighted by molar-refractivity contribution is -0.384. The number of thiophene rings is 1. The lowest BCUT2D eigenvalue weighted by Crippen LogP contribution is -2.38. The molecule has 0 amide bonds. The Kier molecular flexibility index (Phi) is 5.03. The van der Waals surface area contributed by atoms with Crippen molar-refractivity contribution in [3.05, 3.63) is 33.2 Å². The number of hydrogen-bond acceptors (Lipinski definition) is 5. The molecule has 1 aliphatic rings. The average molecular weight is 351 g/mol. The van der Waals surface area contributed by atoms with Crippen LogP contribution in [0.1, 0.15) is 25.7 Å². The molecule has 0 bridgehead atoms. The summed E-state index contributed by atoms with van der Waals surface area (Å²) < 4.78 is 26.6. The standard InChI is InChI=1S/C12H15ClN2O4S2/c1-2-7-14(9-5-3-4-6-9)21(18,19)11-8-10(15(16)17)12(13)20-11/h2,8-9H,1,3-7H2. The third-order valence-corrected chi connectivity index (χ3v) is 7.15. The van der Waals surface area contributed by atoms with Crippen molar-refractivity contribution in [1.82, 2.24) is 4.31 Å². The molecule has 0 aliphatic heterocycles. The SMILES string of the molecule is C=CCN(C1CCCC1)S(=O)(=O)c1cc([N+](=O)[O-])c(Cl)s1. The first kappa shape index (κ1) is 16.4. The van der Waals surface area contributed by atoms with E-state index in [9.17, 15) is 18.5 Å². The van der Waals surface area contributed by atoms with E-state index in [0.29, 0.717) is 0 Å². The smallest absolute Gasteiger partial charge is 0.258 e. The Bertz CT molecular complexity index is 650. The van der Waals surface area contributed by atoms with Gasteiger partial charge < -0.3 is 0 Å². The van der Waals surface area contributed by atoms with E-state index < -0.39 is 14.9 Å². The lowest BCUT2D eigenvalue weighted by Gasteiger charge is -2.26. The Morgan fingerprint density at radius 2 is 2.14 bits per heavy atom. The molecule has 1 aliphatic carbocycles. The van der Waals surface area contributed by atoms with Gasteiger partial charge in [-0.2, -0.15) is 4.31 Å². The second-order valence-electron chi connectivity index (χ2n) is 4.78. The Labute approximate surface area is 132 Å². The van der Waals surface area contributed by atoms with Gasteiger partial charge in [0.05, 0.1) is 4.92 Å². The van der Waals surface area contributed by atoms with Gasteiger partial charge in [0, 0.05) is 18.7 Å². The van der Waals surface area contributed by atoms with E-state index in [1.165, 1.54) is 10.4 Å². The summed E-state index contributed by atoms with van der Waals surface area (Å²) in [6, 6.07) is 0.959. The quantitative estimate of drug-likeness (QED) is 0.447. The molecule has 0 unspecified atom stereocenters. The van der Waals surface area contributed by atoms with E-state index in [4.69, 9.17) is 11.6 Å². The van der Waals surface area contributed by atoms with E-state index >= 15 is 0 Å². The molecule has 0 N–H and O–H groups in total. The van der Waals surface area contributed by atoms with Crippen molar-refractivity contribution < 1.29 is 13.3 Å². The third-order valence-electron chi connectivity index (χ3n) is 3.45. The van der Waals surface area contributed by atoms with Crippen LogP contribution < -0.4 is 0 Å². The van der Waals surface area contributed by atoms with Crippen LogP contribution in [0.2, 0.25) is 4.34 Å². The minimum absolute atomic E-state index is 0.0760. The normalized spacial score (nSPS) is 16.5. The Morgan fingerprint density at radius 1 is 1.52 bits per heavy atom. The van der Waals surface area contributed by atoms with Crippen molar-refractivity contribution in [1.29, 1.82) is 0 Å². The van der Waals surface area contributed by atoms with Crippen molar-refractivity contribution in [2.45, 2.75) is 35.9 Å². The zero-order valence-electron chi connectivity index (χ0n) is 11.2. The summed E-state index contributed by atoms with van der Waals surface area (Å²) >= 11 is 6.48. The summed E-state index contributed by atoms with van der Waals surface area (Å²) in [7, 11) is -3.79. The van der Waals surface area contributed by atoms with Crippen molar-refractivity contribution in [3.63, 3.8) is 0 Å². The highest BCUT2D eigenvalue weighted by molar-refractivity contribution is 7.91. The Balaban J connectivity index is 2.40. The molecule has 0 atom stereocenters. The lowest BCUT2D eigenvalue weighted by atomic mass is 10.2. The maximum absolute atomic E-state index is 12.7. The summed E-state index contributed by atoms with van der Waals surface area (Å²) in [5, 5.41) is 10.8. The van der Waals surface area contributed by atoms with Crippen molar-refractivity contribution in [2.75, 3.05) is 6.54 Å². The summed E-state index contributed by atoms with van der Waals surface area (Å²) in [5.41, 5.74) is -0.370. The van der Waals surface area contributed by atoms with Crippen LogP contribution in [0.25, 0.3) is 0 Å². The largest absolute Gasteiger partial charge is 0.300 e. The maximum Gasteiger partial charge on any atom is 0.300 e. The molecule has 0 spiro atoms. The van der Waals surface area contributed by atoms with Crippen LogP contribution in [0.5, 0.6) is 0 Å². The van der Waals surface area contributed by atoms with E-state index in [2.05, 4.69) is 6.58 Å². The molecule has 6 nitrogen and oxygen atoms in total. The molecule has 1 saturated carbocycles. The molecule has 1 fully saturated rings. The highest BCUT2D eigenvalue weighted by Gasteiger charge is 2.35. The molecule has 2 rings (SSSR count). The number of hydrogen-bond donors (Lipinski definition) is 0. The second-order valence-corrected chi connectivity index (χ2v) is 8.55. The predicted octanol–water partition coefficient (Wildman–Crippen LogP) is 3.43. The monoisotopic (exact) mass is 350 g/mol. The van der Waals surface area contributed by atoms with Gasteiger partial charge in [-0.25, -0.2) is 8.42 Å². The van der Waals surface area contributed by atoms with Crippen LogP contribution in [0.4, 0.5) is 5.69 Å². The number of halogens is 1. The van der Waals surface area contributed by atoms with Gasteiger partial charge in [0.25, 0.3) is 15.7 Å². The van der Waals surface area contributed by atoms with Crippen molar-refractivity contribution in [3.8, 4) is 0 Å². The van der Waals surface area contributed by atoms with Gasteiger partial charge in [0.2, 0.25) is 0 Å². The summed E-state index contributed by atoms with van der Waals surface area (Å²) in [5.74, 6) is 0. The van der Waals surface area contributed by atoms with Crippen LogP contribution in [0, 0.1) is 10.1 Å². The molecular weight excluding hydrogens is 336 g/mol. The Hall–Kier alpha value is -0.960. The molecule has 0 saturated heterocycles. The van der Waals surface area contributed by atoms with Gasteiger partial charge in [-0.3, -0.25) is 10.1 Å². The number of nitro groups is 1. The zero-order chi connectivity index (χ0) is 15.6. The molecule has 0 radical (unpaired) electrons. The molecule has 0 aromatic carbocycles. The fourth-order valence-corrected chi connectivity index (χ4v) is 5.92. The van der Waals surface area contributed by atoms with E-state index in [-0.39, 0.29) is 26.8 Å². The van der Waals surface area contributed by atoms with Gasteiger partial charge in [0.1, 0.15) is 4.21 Å². The predicted molar refractivity (Wildman–Crippen MR) is 82.3 cm³/mol. The molecule has 1 aromatic rings. The molecule has 1 aromatic heterocycles. The van der Waals surface area contributed by atoms with Gasteiger partial charge in [-0.05, 0) is 12.8 Å². The fourth-order valence-electron chi connectivity index (χ4n) is 2.47. The minimum Gasteiger partial charge on any atom is -0.258 e. The molecule has 9 heteroatoms. The van der Waals surface area contributed by atoms with Gasteiger partial charge in [0.15, 0.2) is 4.34 Å². The Morgan fingerprint density at radius 3 is 2.62 bits per heavy atom. The first-order valence-electron chi connectivity index (χ1n) is 6.44. The molecular formula is C12H15ClN2O4S2. The molecule has 1 heterocycles. The van der Waals surface area contributed by atoms with Crippen molar-refractivity contribution >= 4 is 38.6 Å². The van der Waals surface area contributed by atoms with Crippen LogP contribution in [0.3, 0.4) is 0 Å². The molecule has 116 valence electrons. The summed E-state index contributed by atoms with van der Waals surface area (Å²) in [6.07, 6.45) is 5.10. The van der Waals surface area contributed by atoms with Crippen molar-refractivity contribution in [2.24, 2.45) is 0 Å². The second kappa shape index (κ2) is 6.43. The highest BCUT2D eigenvalue weighted by Crippen LogP contribution is 2.39. The van der Waals surface area contributed by atoms with Gasteiger partial charge in [-0.1, -0.05) is 30.5 Å². The van der Waals surface area contributed by atoms with E-state index in [1.807, 2.05) is 0 Å². The van der Waals surface area contributed by atoms with Crippen LogP contribution in [0.15, 0.2) is 22.9 Å². The zero-order valence-corrected chi connectivity index (χ0v) is 13.6. The third kappa shape index (κ3) is 3.28. The maximum atomic E-state index is 12.7. The summed E-state index contributed by atoms with van der Waals surface area (Å²) in [4.78, 5) is 10.1.